The van der Waals surface area contributed by atoms with E-state index in [-0.39, 0.29) is 5.69 Å². The van der Waals surface area contributed by atoms with Gasteiger partial charge in [0.05, 0.1) is 5.69 Å². The van der Waals surface area contributed by atoms with Gasteiger partial charge in [0.25, 0.3) is 0 Å². The highest BCUT2D eigenvalue weighted by atomic mass is 32.1. The lowest BCUT2D eigenvalue weighted by Gasteiger charge is -1.98. The van der Waals surface area contributed by atoms with Gasteiger partial charge < -0.3 is 9.36 Å². The Bertz CT molecular complexity index is 588. The molecule has 6 heteroatoms. The minimum Gasteiger partial charge on any atom is -0.303 e. The van der Waals surface area contributed by atoms with E-state index < -0.39 is 0 Å². The molecule has 2 aromatic heterocycles. The molecule has 88 valence electrons. The van der Waals surface area contributed by atoms with E-state index in [0.29, 0.717) is 12.8 Å². The van der Waals surface area contributed by atoms with Crippen molar-refractivity contribution in [3.05, 3.63) is 34.0 Å². The third-order valence-corrected chi connectivity index (χ3v) is 3.21. The number of hydrogen-bond donors (Lipinski definition) is 0. The Kier molecular flexibility index (Phi) is 3.43. The number of nitrogens with zero attached hydrogens (tertiary/aromatic N) is 3. The standard InChI is InChI=1S/C11H11N3O2S/c1-14-6-8(5-12-11(14)16)10-13-9(7-17-10)3-2-4-15/h4-7H,2-3H2,1H3. The van der Waals surface area contributed by atoms with E-state index >= 15 is 0 Å². The Balaban J connectivity index is 2.27. The Morgan fingerprint density at radius 1 is 1.53 bits per heavy atom. The summed E-state index contributed by atoms with van der Waals surface area (Å²) in [6, 6.07) is 0. The minimum atomic E-state index is -0.286. The van der Waals surface area contributed by atoms with Crippen molar-refractivity contribution >= 4 is 17.6 Å². The van der Waals surface area contributed by atoms with Crippen molar-refractivity contribution in [1.29, 1.82) is 0 Å². The molecule has 0 bridgehead atoms. The first-order valence-corrected chi connectivity index (χ1v) is 6.00. The quantitative estimate of drug-likeness (QED) is 0.759. The van der Waals surface area contributed by atoms with Crippen molar-refractivity contribution in [1.82, 2.24) is 14.5 Å². The van der Waals surface area contributed by atoms with Gasteiger partial charge in [0.2, 0.25) is 0 Å². The fourth-order valence-electron chi connectivity index (χ4n) is 1.38. The van der Waals surface area contributed by atoms with Crippen LogP contribution in [0.1, 0.15) is 12.1 Å². The number of carbonyl (C=O) groups is 1. The Morgan fingerprint density at radius 2 is 2.35 bits per heavy atom. The normalized spacial score (nSPS) is 10.4. The first kappa shape index (κ1) is 11.7. The van der Waals surface area contributed by atoms with Gasteiger partial charge in [-0.3, -0.25) is 0 Å². The van der Waals surface area contributed by atoms with Crippen molar-refractivity contribution in [2.24, 2.45) is 7.05 Å². The number of thiazole rings is 1. The van der Waals surface area contributed by atoms with E-state index in [9.17, 15) is 9.59 Å². The van der Waals surface area contributed by atoms with E-state index in [0.717, 1.165) is 22.6 Å². The molecule has 0 saturated carbocycles. The molecular weight excluding hydrogens is 238 g/mol. The second-order valence-electron chi connectivity index (χ2n) is 3.59. The first-order chi connectivity index (χ1) is 8.20. The average molecular weight is 249 g/mol. The summed E-state index contributed by atoms with van der Waals surface area (Å²) in [6.45, 7) is 0. The predicted molar refractivity (Wildman–Crippen MR) is 65.0 cm³/mol. The molecule has 0 aromatic carbocycles. The molecule has 0 unspecified atom stereocenters. The molecule has 0 saturated heterocycles. The molecule has 0 amide bonds. The number of aryl methyl sites for hydroxylation is 2. The van der Waals surface area contributed by atoms with Crippen molar-refractivity contribution < 1.29 is 4.79 Å². The maximum absolute atomic E-state index is 11.1. The first-order valence-electron chi connectivity index (χ1n) is 5.12. The lowest BCUT2D eigenvalue weighted by molar-refractivity contribution is -0.107. The SMILES string of the molecule is Cn1cc(-c2nc(CCC=O)cs2)cnc1=O. The lowest BCUT2D eigenvalue weighted by Crippen LogP contribution is -2.18. The van der Waals surface area contributed by atoms with Crippen molar-refractivity contribution in [2.45, 2.75) is 12.8 Å². The fraction of sp³-hybridized carbons (Fsp3) is 0.273. The maximum Gasteiger partial charge on any atom is 0.347 e. The van der Waals surface area contributed by atoms with Gasteiger partial charge in [0.1, 0.15) is 11.3 Å². The van der Waals surface area contributed by atoms with E-state index in [4.69, 9.17) is 0 Å². The lowest BCUT2D eigenvalue weighted by atomic mass is 10.3. The summed E-state index contributed by atoms with van der Waals surface area (Å²) in [5.41, 5.74) is 1.42. The number of aromatic nitrogens is 3. The van der Waals surface area contributed by atoms with Crippen LogP contribution < -0.4 is 5.69 Å². The highest BCUT2D eigenvalue weighted by Crippen LogP contribution is 2.22. The van der Waals surface area contributed by atoms with Crippen LogP contribution in [0.4, 0.5) is 0 Å². The van der Waals surface area contributed by atoms with Gasteiger partial charge in [-0.05, 0) is 6.42 Å². The van der Waals surface area contributed by atoms with Gasteiger partial charge in [-0.2, -0.15) is 0 Å². The average Bonchev–Trinajstić information content (AvgIpc) is 2.79. The molecule has 0 fully saturated rings. The number of rotatable bonds is 4. The van der Waals surface area contributed by atoms with Crippen LogP contribution in [0.2, 0.25) is 0 Å². The summed E-state index contributed by atoms with van der Waals surface area (Å²) >= 11 is 1.49. The molecule has 0 aliphatic rings. The van der Waals surface area contributed by atoms with Crippen LogP contribution in [-0.2, 0) is 18.3 Å². The minimum absolute atomic E-state index is 0.286. The van der Waals surface area contributed by atoms with Crippen LogP contribution in [-0.4, -0.2) is 20.8 Å². The van der Waals surface area contributed by atoms with Gasteiger partial charge in [-0.25, -0.2) is 14.8 Å². The molecule has 2 heterocycles. The maximum atomic E-state index is 11.1. The van der Waals surface area contributed by atoms with Gasteiger partial charge in [-0.15, -0.1) is 11.3 Å². The molecule has 0 radical (unpaired) electrons. The van der Waals surface area contributed by atoms with Crippen LogP contribution in [0, 0.1) is 0 Å². The zero-order chi connectivity index (χ0) is 12.3. The summed E-state index contributed by atoms with van der Waals surface area (Å²) in [5, 5.41) is 2.73. The van der Waals surface area contributed by atoms with Crippen molar-refractivity contribution in [3.8, 4) is 10.6 Å². The fourth-order valence-corrected chi connectivity index (χ4v) is 2.21. The van der Waals surface area contributed by atoms with Crippen molar-refractivity contribution in [2.75, 3.05) is 0 Å². The zero-order valence-corrected chi connectivity index (χ0v) is 10.1. The Hall–Kier alpha value is -1.82. The largest absolute Gasteiger partial charge is 0.347 e. The van der Waals surface area contributed by atoms with E-state index in [1.807, 2.05) is 5.38 Å². The predicted octanol–water partition coefficient (Wildman–Crippen LogP) is 1.04. The highest BCUT2D eigenvalue weighted by molar-refractivity contribution is 7.13. The Morgan fingerprint density at radius 3 is 3.06 bits per heavy atom. The molecule has 0 atom stereocenters. The third-order valence-electron chi connectivity index (χ3n) is 2.27. The molecule has 0 spiro atoms. The van der Waals surface area contributed by atoms with Crippen LogP contribution in [0.3, 0.4) is 0 Å². The van der Waals surface area contributed by atoms with Gasteiger partial charge >= 0.3 is 5.69 Å². The topological polar surface area (TPSA) is 64.8 Å². The van der Waals surface area contributed by atoms with Gasteiger partial charge in [-0.1, -0.05) is 0 Å². The van der Waals surface area contributed by atoms with E-state index in [1.54, 1.807) is 13.2 Å². The molecular formula is C11H11N3O2S. The van der Waals surface area contributed by atoms with Crippen LogP contribution in [0.15, 0.2) is 22.6 Å². The van der Waals surface area contributed by atoms with E-state index in [2.05, 4.69) is 9.97 Å². The summed E-state index contributed by atoms with van der Waals surface area (Å²) in [5.74, 6) is 0. The molecule has 0 aliphatic carbocycles. The highest BCUT2D eigenvalue weighted by Gasteiger charge is 2.06. The third kappa shape index (κ3) is 2.65. The van der Waals surface area contributed by atoms with Crippen molar-refractivity contribution in [3.63, 3.8) is 0 Å². The van der Waals surface area contributed by atoms with Gasteiger partial charge in [0.15, 0.2) is 0 Å². The molecule has 0 N–H and O–H groups in total. The molecule has 5 nitrogen and oxygen atoms in total. The van der Waals surface area contributed by atoms with E-state index in [1.165, 1.54) is 22.1 Å². The number of hydrogen-bond acceptors (Lipinski definition) is 5. The summed E-state index contributed by atoms with van der Waals surface area (Å²) in [7, 11) is 1.65. The number of carbonyl (C=O) groups excluding carboxylic acids is 1. The Labute approximate surface area is 102 Å². The zero-order valence-electron chi connectivity index (χ0n) is 9.29. The monoisotopic (exact) mass is 249 g/mol. The molecule has 2 rings (SSSR count). The van der Waals surface area contributed by atoms with Crippen LogP contribution in [0.25, 0.3) is 10.6 Å². The molecule has 17 heavy (non-hydrogen) atoms. The number of aldehydes is 1. The second-order valence-corrected chi connectivity index (χ2v) is 4.44. The second kappa shape index (κ2) is 5.01. The summed E-state index contributed by atoms with van der Waals surface area (Å²) in [6.07, 6.45) is 5.24. The summed E-state index contributed by atoms with van der Waals surface area (Å²) < 4.78 is 1.42. The van der Waals surface area contributed by atoms with Crippen LogP contribution in [0.5, 0.6) is 0 Å². The smallest absolute Gasteiger partial charge is 0.303 e. The summed E-state index contributed by atoms with van der Waals surface area (Å²) in [4.78, 5) is 29.5. The molecule has 2 aromatic rings. The molecule has 0 aliphatic heterocycles. The van der Waals surface area contributed by atoms with Gasteiger partial charge in [0, 0.05) is 36.8 Å². The van der Waals surface area contributed by atoms with Crippen LogP contribution >= 0.6 is 11.3 Å².